The van der Waals surface area contributed by atoms with Gasteiger partial charge in [0.15, 0.2) is 6.61 Å². The lowest BCUT2D eigenvalue weighted by Gasteiger charge is -2.04. The summed E-state index contributed by atoms with van der Waals surface area (Å²) in [5.41, 5.74) is 1.81. The van der Waals surface area contributed by atoms with E-state index in [0.29, 0.717) is 0 Å². The molecule has 0 heterocycles. The van der Waals surface area contributed by atoms with Crippen molar-refractivity contribution in [3.8, 4) is 6.07 Å². The van der Waals surface area contributed by atoms with Crippen LogP contribution in [0.4, 0.5) is 13.2 Å². The Labute approximate surface area is 55.3 Å². The highest BCUT2D eigenvalue weighted by Crippen LogP contribution is 2.13. The highest BCUT2D eigenvalue weighted by molar-refractivity contribution is 4.69. The van der Waals surface area contributed by atoms with Crippen LogP contribution >= 0.6 is 0 Å². The molecule has 0 saturated carbocycles. The first-order valence-electron chi connectivity index (χ1n) is 2.34. The number of nitrogens with zero attached hydrogens (tertiary/aromatic N) is 1. The monoisotopic (exact) mass is 154 g/mol. The molecule has 3 nitrogen and oxygen atoms in total. The molecular formula is C4H5F3N2O. The summed E-state index contributed by atoms with van der Waals surface area (Å²) in [5.74, 6) is 0. The number of hydrogen-bond acceptors (Lipinski definition) is 3. The maximum Gasteiger partial charge on any atom is 0.413 e. The lowest BCUT2D eigenvalue weighted by Crippen LogP contribution is -2.24. The average molecular weight is 154 g/mol. The van der Waals surface area contributed by atoms with Crippen molar-refractivity contribution in [1.82, 2.24) is 5.48 Å². The van der Waals surface area contributed by atoms with Crippen molar-refractivity contribution in [2.45, 2.75) is 6.18 Å². The van der Waals surface area contributed by atoms with E-state index in [0.717, 1.165) is 0 Å². The quantitative estimate of drug-likeness (QED) is 0.367. The molecule has 1 N–H and O–H groups in total. The fraction of sp³-hybridized carbons (Fsp3) is 0.750. The Morgan fingerprint density at radius 3 is 2.50 bits per heavy atom. The van der Waals surface area contributed by atoms with E-state index in [-0.39, 0.29) is 6.54 Å². The zero-order valence-electron chi connectivity index (χ0n) is 4.90. The van der Waals surface area contributed by atoms with Crippen LogP contribution in [0.1, 0.15) is 0 Å². The highest BCUT2D eigenvalue weighted by atomic mass is 19.4. The lowest BCUT2D eigenvalue weighted by molar-refractivity contribution is -0.188. The van der Waals surface area contributed by atoms with Gasteiger partial charge in [0.2, 0.25) is 0 Å². The third-order valence-electron chi connectivity index (χ3n) is 0.489. The van der Waals surface area contributed by atoms with Crippen molar-refractivity contribution in [1.29, 1.82) is 5.26 Å². The van der Waals surface area contributed by atoms with Crippen molar-refractivity contribution in [3.05, 3.63) is 0 Å². The van der Waals surface area contributed by atoms with E-state index in [1.165, 1.54) is 0 Å². The molecule has 0 unspecified atom stereocenters. The second-order valence-corrected chi connectivity index (χ2v) is 1.38. The highest BCUT2D eigenvalue weighted by Gasteiger charge is 2.27. The number of hydrogen-bond donors (Lipinski definition) is 1. The van der Waals surface area contributed by atoms with Gasteiger partial charge in [-0.2, -0.15) is 23.9 Å². The summed E-state index contributed by atoms with van der Waals surface area (Å²) in [7, 11) is 0. The third kappa shape index (κ3) is 7.20. The number of rotatable bonds is 3. The molecule has 0 aliphatic carbocycles. The van der Waals surface area contributed by atoms with Crippen molar-refractivity contribution >= 4 is 0 Å². The second-order valence-electron chi connectivity index (χ2n) is 1.38. The molecule has 6 heteroatoms. The molecule has 0 atom stereocenters. The van der Waals surface area contributed by atoms with Crippen LogP contribution in [0.3, 0.4) is 0 Å². The molecule has 58 valence electrons. The van der Waals surface area contributed by atoms with Crippen LogP contribution < -0.4 is 5.48 Å². The molecular weight excluding hydrogens is 149 g/mol. The zero-order valence-corrected chi connectivity index (χ0v) is 4.90. The third-order valence-corrected chi connectivity index (χ3v) is 0.489. The summed E-state index contributed by atoms with van der Waals surface area (Å²) in [4.78, 5) is 3.84. The summed E-state index contributed by atoms with van der Waals surface area (Å²) in [5, 5.41) is 7.82. The summed E-state index contributed by atoms with van der Waals surface area (Å²) in [6.45, 7) is -1.63. The Kier molecular flexibility index (Phi) is 3.76. The molecule has 0 aromatic heterocycles. The van der Waals surface area contributed by atoms with E-state index < -0.39 is 12.8 Å². The molecule has 10 heavy (non-hydrogen) atoms. The lowest BCUT2D eigenvalue weighted by atomic mass is 10.7. The summed E-state index contributed by atoms with van der Waals surface area (Å²) in [6.07, 6.45) is -4.34. The van der Waals surface area contributed by atoms with Crippen LogP contribution in [-0.4, -0.2) is 19.3 Å². The van der Waals surface area contributed by atoms with E-state index in [9.17, 15) is 13.2 Å². The van der Waals surface area contributed by atoms with Crippen LogP contribution in [0.5, 0.6) is 0 Å². The molecule has 0 radical (unpaired) electrons. The number of nitriles is 1. The first-order valence-corrected chi connectivity index (χ1v) is 2.34. The second kappa shape index (κ2) is 4.09. The summed E-state index contributed by atoms with van der Waals surface area (Å²) in [6, 6.07) is 1.55. The number of alkyl halides is 3. The van der Waals surface area contributed by atoms with Gasteiger partial charge in [-0.05, 0) is 0 Å². The van der Waals surface area contributed by atoms with E-state index >= 15 is 0 Å². The number of halogens is 3. The Bertz CT molecular complexity index is 127. The first kappa shape index (κ1) is 9.20. The Morgan fingerprint density at radius 1 is 1.50 bits per heavy atom. The van der Waals surface area contributed by atoms with Crippen LogP contribution in [0, 0.1) is 11.3 Å². The van der Waals surface area contributed by atoms with E-state index in [1.807, 2.05) is 5.48 Å². The molecule has 0 fully saturated rings. The topological polar surface area (TPSA) is 45.0 Å². The largest absolute Gasteiger partial charge is 0.413 e. The summed E-state index contributed by atoms with van der Waals surface area (Å²) < 4.78 is 33.7. The first-order chi connectivity index (χ1) is 4.56. The average Bonchev–Trinajstić information content (AvgIpc) is 1.78. The van der Waals surface area contributed by atoms with Gasteiger partial charge in [-0.3, -0.25) is 4.84 Å². The van der Waals surface area contributed by atoms with E-state index in [1.54, 1.807) is 6.07 Å². The van der Waals surface area contributed by atoms with Crippen LogP contribution in [0.2, 0.25) is 0 Å². The fourth-order valence-electron chi connectivity index (χ4n) is 0.216. The van der Waals surface area contributed by atoms with Gasteiger partial charge in [-0.15, -0.1) is 0 Å². The molecule has 0 aliphatic rings. The van der Waals surface area contributed by atoms with Crippen LogP contribution in [0.15, 0.2) is 0 Å². The molecule has 0 amide bonds. The van der Waals surface area contributed by atoms with Crippen molar-refractivity contribution in [3.63, 3.8) is 0 Å². The predicted molar refractivity (Wildman–Crippen MR) is 25.6 cm³/mol. The van der Waals surface area contributed by atoms with Crippen molar-refractivity contribution < 1.29 is 18.0 Å². The van der Waals surface area contributed by atoms with Crippen LogP contribution in [0.25, 0.3) is 0 Å². The minimum Gasteiger partial charge on any atom is -0.291 e. The van der Waals surface area contributed by atoms with Gasteiger partial charge in [-0.1, -0.05) is 0 Å². The molecule has 0 aliphatic heterocycles. The molecule has 0 spiro atoms. The SMILES string of the molecule is N#CCNOCC(F)(F)F. The smallest absolute Gasteiger partial charge is 0.291 e. The number of hydroxylamine groups is 1. The van der Waals surface area contributed by atoms with Gasteiger partial charge in [0, 0.05) is 0 Å². The Morgan fingerprint density at radius 2 is 2.10 bits per heavy atom. The van der Waals surface area contributed by atoms with Gasteiger partial charge >= 0.3 is 6.18 Å². The van der Waals surface area contributed by atoms with Gasteiger partial charge in [-0.25, -0.2) is 0 Å². The van der Waals surface area contributed by atoms with Gasteiger partial charge in [0.05, 0.1) is 6.07 Å². The summed E-state index contributed by atoms with van der Waals surface area (Å²) >= 11 is 0. The van der Waals surface area contributed by atoms with Gasteiger partial charge in [0.25, 0.3) is 0 Å². The molecule has 0 bridgehead atoms. The molecule has 0 saturated heterocycles. The van der Waals surface area contributed by atoms with Crippen molar-refractivity contribution in [2.24, 2.45) is 0 Å². The van der Waals surface area contributed by atoms with Gasteiger partial charge < -0.3 is 0 Å². The predicted octanol–water partition coefficient (Wildman–Crippen LogP) is 0.593. The fourth-order valence-corrected chi connectivity index (χ4v) is 0.216. The molecule has 0 rings (SSSR count). The minimum absolute atomic E-state index is 0.254. The van der Waals surface area contributed by atoms with Crippen LogP contribution in [-0.2, 0) is 4.84 Å². The zero-order chi connectivity index (χ0) is 8.04. The van der Waals surface area contributed by atoms with E-state index in [2.05, 4.69) is 4.84 Å². The van der Waals surface area contributed by atoms with E-state index in [4.69, 9.17) is 5.26 Å². The minimum atomic E-state index is -4.34. The maximum atomic E-state index is 11.2. The van der Waals surface area contributed by atoms with Gasteiger partial charge in [0.1, 0.15) is 6.54 Å². The normalized spacial score (nSPS) is 11.0. The number of nitrogens with one attached hydrogen (secondary N) is 1. The standard InChI is InChI=1S/C4H5F3N2O/c5-4(6,7)3-10-9-2-1-8/h9H,2-3H2. The molecule has 0 aromatic carbocycles. The molecule has 0 aromatic rings. The van der Waals surface area contributed by atoms with Crippen molar-refractivity contribution in [2.75, 3.05) is 13.2 Å². The maximum absolute atomic E-state index is 11.2. The Hall–Kier alpha value is -0.800. The Balaban J connectivity index is 3.14.